The molecule has 1 aliphatic rings. The zero-order valence-electron chi connectivity index (χ0n) is 11.6. The predicted molar refractivity (Wildman–Crippen MR) is 71.6 cm³/mol. The van der Waals surface area contributed by atoms with Gasteiger partial charge in [-0.2, -0.15) is 4.98 Å². The van der Waals surface area contributed by atoms with Gasteiger partial charge in [0, 0.05) is 13.0 Å². The first-order valence-electron chi connectivity index (χ1n) is 7.17. The smallest absolute Gasteiger partial charge is 0.226 e. The van der Waals surface area contributed by atoms with Crippen molar-refractivity contribution in [2.75, 3.05) is 32.8 Å². The minimum absolute atomic E-state index is 0.264. The molecule has 0 aliphatic carbocycles. The van der Waals surface area contributed by atoms with Gasteiger partial charge in [0.05, 0.1) is 13.2 Å². The van der Waals surface area contributed by atoms with Crippen molar-refractivity contribution in [2.24, 2.45) is 5.92 Å². The van der Waals surface area contributed by atoms with E-state index in [1.54, 1.807) is 0 Å². The summed E-state index contributed by atoms with van der Waals surface area (Å²) in [4.78, 5) is 6.59. The van der Waals surface area contributed by atoms with Crippen LogP contribution in [0.25, 0.3) is 0 Å². The number of aryl methyl sites for hydroxylation is 1. The van der Waals surface area contributed by atoms with Crippen LogP contribution in [-0.4, -0.2) is 52.9 Å². The molecule has 0 spiro atoms. The number of likely N-dealkylation sites (tertiary alicyclic amines) is 1. The molecule has 108 valence electrons. The van der Waals surface area contributed by atoms with E-state index in [-0.39, 0.29) is 6.61 Å². The topological polar surface area (TPSA) is 74.4 Å². The summed E-state index contributed by atoms with van der Waals surface area (Å²) in [6.45, 7) is 6.95. The SMILES string of the molecule is CCc1nc(CNCC2CCN(CCO)CC2)no1. The van der Waals surface area contributed by atoms with Crippen LogP contribution in [0.4, 0.5) is 0 Å². The molecule has 1 saturated heterocycles. The van der Waals surface area contributed by atoms with Gasteiger partial charge < -0.3 is 19.8 Å². The van der Waals surface area contributed by atoms with Gasteiger partial charge in [0.15, 0.2) is 5.82 Å². The third-order valence-electron chi connectivity index (χ3n) is 3.65. The van der Waals surface area contributed by atoms with Crippen molar-refractivity contribution in [3.05, 3.63) is 11.7 Å². The summed E-state index contributed by atoms with van der Waals surface area (Å²) in [7, 11) is 0. The molecule has 0 aromatic carbocycles. The molecule has 2 rings (SSSR count). The second-order valence-corrected chi connectivity index (χ2v) is 5.10. The summed E-state index contributed by atoms with van der Waals surface area (Å²) in [6.07, 6.45) is 3.18. The molecule has 0 amide bonds. The van der Waals surface area contributed by atoms with E-state index in [1.165, 1.54) is 12.8 Å². The predicted octanol–water partition coefficient (Wildman–Crippen LogP) is 0.426. The standard InChI is InChI=1S/C13H24N4O2/c1-2-13-15-12(16-19-13)10-14-9-11-3-5-17(6-4-11)7-8-18/h11,14,18H,2-10H2,1H3. The number of hydrogen-bond acceptors (Lipinski definition) is 6. The maximum atomic E-state index is 8.90. The molecule has 1 aromatic heterocycles. The highest BCUT2D eigenvalue weighted by atomic mass is 16.5. The fourth-order valence-electron chi connectivity index (χ4n) is 2.45. The highest BCUT2D eigenvalue weighted by molar-refractivity contribution is 4.85. The van der Waals surface area contributed by atoms with Gasteiger partial charge in [-0.3, -0.25) is 0 Å². The lowest BCUT2D eigenvalue weighted by Gasteiger charge is -2.31. The Morgan fingerprint density at radius 3 is 2.84 bits per heavy atom. The molecule has 0 atom stereocenters. The van der Waals surface area contributed by atoms with Crippen molar-refractivity contribution in [1.82, 2.24) is 20.4 Å². The molecule has 2 heterocycles. The number of aliphatic hydroxyl groups excluding tert-OH is 1. The highest BCUT2D eigenvalue weighted by Gasteiger charge is 2.18. The first kappa shape index (κ1) is 14.4. The van der Waals surface area contributed by atoms with Crippen LogP contribution >= 0.6 is 0 Å². The summed E-state index contributed by atoms with van der Waals surface area (Å²) in [6, 6.07) is 0. The van der Waals surface area contributed by atoms with Crippen LogP contribution in [-0.2, 0) is 13.0 Å². The third kappa shape index (κ3) is 4.56. The quantitative estimate of drug-likeness (QED) is 0.747. The van der Waals surface area contributed by atoms with E-state index in [4.69, 9.17) is 9.63 Å². The van der Waals surface area contributed by atoms with Gasteiger partial charge in [-0.05, 0) is 38.4 Å². The Kier molecular flexibility index (Phi) is 5.75. The minimum Gasteiger partial charge on any atom is -0.395 e. The molecule has 2 N–H and O–H groups in total. The monoisotopic (exact) mass is 268 g/mol. The van der Waals surface area contributed by atoms with Gasteiger partial charge in [-0.15, -0.1) is 0 Å². The van der Waals surface area contributed by atoms with Crippen molar-refractivity contribution >= 4 is 0 Å². The normalized spacial score (nSPS) is 18.0. The summed E-state index contributed by atoms with van der Waals surface area (Å²) in [5, 5.41) is 16.2. The van der Waals surface area contributed by atoms with Gasteiger partial charge in [0.2, 0.25) is 5.89 Å². The van der Waals surface area contributed by atoms with Crippen LogP contribution in [0.3, 0.4) is 0 Å². The zero-order chi connectivity index (χ0) is 13.5. The molecule has 1 aliphatic heterocycles. The molecule has 19 heavy (non-hydrogen) atoms. The maximum Gasteiger partial charge on any atom is 0.226 e. The van der Waals surface area contributed by atoms with Crippen molar-refractivity contribution in [3.63, 3.8) is 0 Å². The van der Waals surface area contributed by atoms with E-state index < -0.39 is 0 Å². The summed E-state index contributed by atoms with van der Waals surface area (Å²) in [5.41, 5.74) is 0. The van der Waals surface area contributed by atoms with Crippen molar-refractivity contribution in [1.29, 1.82) is 0 Å². The van der Waals surface area contributed by atoms with Crippen LogP contribution < -0.4 is 5.32 Å². The number of β-amino-alcohol motifs (C(OH)–C–C–N with tert-alkyl or cyclic N) is 1. The Bertz CT molecular complexity index is 361. The van der Waals surface area contributed by atoms with Crippen LogP contribution in [0.15, 0.2) is 4.52 Å². The lowest BCUT2D eigenvalue weighted by Crippen LogP contribution is -2.38. The Morgan fingerprint density at radius 1 is 1.42 bits per heavy atom. The zero-order valence-corrected chi connectivity index (χ0v) is 11.6. The number of piperidine rings is 1. The summed E-state index contributed by atoms with van der Waals surface area (Å²) in [5.74, 6) is 2.16. The molecule has 0 saturated carbocycles. The number of nitrogens with one attached hydrogen (secondary N) is 1. The molecule has 0 unspecified atom stereocenters. The average molecular weight is 268 g/mol. The van der Waals surface area contributed by atoms with Gasteiger partial charge in [0.1, 0.15) is 0 Å². The molecule has 0 radical (unpaired) electrons. The van der Waals surface area contributed by atoms with E-state index in [0.717, 1.165) is 38.4 Å². The van der Waals surface area contributed by atoms with Crippen LogP contribution in [0.2, 0.25) is 0 Å². The molecule has 1 aromatic rings. The molecular weight excluding hydrogens is 244 g/mol. The minimum atomic E-state index is 0.264. The van der Waals surface area contributed by atoms with Crippen molar-refractivity contribution in [3.8, 4) is 0 Å². The van der Waals surface area contributed by atoms with Gasteiger partial charge in [0.25, 0.3) is 0 Å². The van der Waals surface area contributed by atoms with E-state index in [2.05, 4.69) is 20.4 Å². The molecule has 1 fully saturated rings. The van der Waals surface area contributed by atoms with Gasteiger partial charge in [-0.1, -0.05) is 12.1 Å². The van der Waals surface area contributed by atoms with Crippen LogP contribution in [0.5, 0.6) is 0 Å². The van der Waals surface area contributed by atoms with E-state index in [9.17, 15) is 0 Å². The third-order valence-corrected chi connectivity index (χ3v) is 3.65. The number of rotatable bonds is 7. The first-order valence-corrected chi connectivity index (χ1v) is 7.17. The van der Waals surface area contributed by atoms with E-state index in [0.29, 0.717) is 18.4 Å². The number of nitrogens with zero attached hydrogens (tertiary/aromatic N) is 3. The Labute approximate surface area is 114 Å². The summed E-state index contributed by atoms with van der Waals surface area (Å²) < 4.78 is 5.07. The van der Waals surface area contributed by atoms with Crippen LogP contribution in [0, 0.1) is 5.92 Å². The maximum absolute atomic E-state index is 8.90. The van der Waals surface area contributed by atoms with E-state index >= 15 is 0 Å². The largest absolute Gasteiger partial charge is 0.395 e. The molecule has 6 nitrogen and oxygen atoms in total. The Balaban J connectivity index is 1.61. The van der Waals surface area contributed by atoms with Gasteiger partial charge >= 0.3 is 0 Å². The second-order valence-electron chi connectivity index (χ2n) is 5.10. The lowest BCUT2D eigenvalue weighted by atomic mass is 9.97. The summed E-state index contributed by atoms with van der Waals surface area (Å²) >= 11 is 0. The van der Waals surface area contributed by atoms with Gasteiger partial charge in [-0.25, -0.2) is 0 Å². The second kappa shape index (κ2) is 7.57. The van der Waals surface area contributed by atoms with E-state index in [1.807, 2.05) is 6.92 Å². The van der Waals surface area contributed by atoms with Crippen molar-refractivity contribution < 1.29 is 9.63 Å². The highest BCUT2D eigenvalue weighted by Crippen LogP contribution is 2.15. The molecule has 6 heteroatoms. The number of aliphatic hydroxyl groups is 1. The Hall–Kier alpha value is -0.980. The fraction of sp³-hybridized carbons (Fsp3) is 0.846. The number of aromatic nitrogens is 2. The average Bonchev–Trinajstić information content (AvgIpc) is 2.89. The fourth-order valence-corrected chi connectivity index (χ4v) is 2.45. The van der Waals surface area contributed by atoms with Crippen molar-refractivity contribution in [2.45, 2.75) is 32.7 Å². The lowest BCUT2D eigenvalue weighted by molar-refractivity contribution is 0.146. The van der Waals surface area contributed by atoms with Crippen LogP contribution in [0.1, 0.15) is 31.5 Å². The molecular formula is C13H24N4O2. The molecule has 0 bridgehead atoms. The number of hydrogen-bond donors (Lipinski definition) is 2. The Morgan fingerprint density at radius 2 is 2.21 bits per heavy atom. The first-order chi connectivity index (χ1) is 9.31.